The predicted octanol–water partition coefficient (Wildman–Crippen LogP) is 3.18. The van der Waals surface area contributed by atoms with E-state index in [4.69, 9.17) is 12.2 Å². The van der Waals surface area contributed by atoms with E-state index in [-0.39, 0.29) is 5.82 Å². The zero-order valence-corrected chi connectivity index (χ0v) is 11.7. The molecule has 0 spiro atoms. The fraction of sp³-hybridized carbons (Fsp3) is 0.462. The normalized spacial score (nSPS) is 11.9. The Kier molecular flexibility index (Phi) is 3.82. The third-order valence-corrected chi connectivity index (χ3v) is 3.62. The third-order valence-electron chi connectivity index (χ3n) is 3.30. The van der Waals surface area contributed by atoms with Gasteiger partial charge in [-0.25, -0.2) is 4.39 Å². The van der Waals surface area contributed by atoms with E-state index in [2.05, 4.69) is 30.8 Å². The number of benzene rings is 1. The Hall–Kier alpha value is -1.20. The van der Waals surface area contributed by atoms with E-state index in [0.717, 1.165) is 24.1 Å². The second-order valence-electron chi connectivity index (χ2n) is 4.82. The molecular weight excluding hydrogens is 249 g/mol. The summed E-state index contributed by atoms with van der Waals surface area (Å²) < 4.78 is 15.9. The van der Waals surface area contributed by atoms with Gasteiger partial charge in [-0.05, 0) is 51.3 Å². The lowest BCUT2D eigenvalue weighted by molar-refractivity contribution is 0.263. The van der Waals surface area contributed by atoms with E-state index in [1.54, 1.807) is 6.07 Å². The molecule has 3 nitrogen and oxygen atoms in total. The molecule has 1 heterocycles. The molecule has 2 rings (SSSR count). The second-order valence-corrected chi connectivity index (χ2v) is 5.20. The first kappa shape index (κ1) is 13.2. The van der Waals surface area contributed by atoms with E-state index in [1.807, 2.05) is 4.57 Å². The zero-order chi connectivity index (χ0) is 13.3. The first-order valence-corrected chi connectivity index (χ1v) is 6.48. The Balaban J connectivity index is 2.30. The molecule has 5 heteroatoms. The number of imidazole rings is 1. The molecule has 0 aliphatic rings. The summed E-state index contributed by atoms with van der Waals surface area (Å²) in [4.78, 5) is 5.34. The highest BCUT2D eigenvalue weighted by molar-refractivity contribution is 7.71. The number of likely N-dealkylation sites (N-methyl/N-ethyl adjacent to an activating group) is 1. The maximum atomic E-state index is 13.3. The van der Waals surface area contributed by atoms with Crippen LogP contribution in [0.2, 0.25) is 0 Å². The minimum absolute atomic E-state index is 0.234. The number of hydrogen-bond donors (Lipinski definition) is 1. The summed E-state index contributed by atoms with van der Waals surface area (Å²) >= 11 is 5.28. The number of nitrogens with one attached hydrogen (secondary N) is 1. The second kappa shape index (κ2) is 5.20. The molecule has 0 atom stereocenters. The van der Waals surface area contributed by atoms with Crippen LogP contribution in [-0.2, 0) is 6.54 Å². The molecule has 1 aromatic heterocycles. The van der Waals surface area contributed by atoms with E-state index in [1.165, 1.54) is 12.1 Å². The lowest BCUT2D eigenvalue weighted by Gasteiger charge is -2.21. The van der Waals surface area contributed by atoms with Gasteiger partial charge >= 0.3 is 0 Å². The lowest BCUT2D eigenvalue weighted by Crippen LogP contribution is -2.29. The van der Waals surface area contributed by atoms with Crippen LogP contribution in [0, 0.1) is 10.6 Å². The van der Waals surface area contributed by atoms with Gasteiger partial charge in [0.05, 0.1) is 11.0 Å². The summed E-state index contributed by atoms with van der Waals surface area (Å²) in [6, 6.07) is 5.18. The van der Waals surface area contributed by atoms with Gasteiger partial charge in [0, 0.05) is 19.1 Å². The van der Waals surface area contributed by atoms with E-state index in [0.29, 0.717) is 10.8 Å². The first-order valence-electron chi connectivity index (χ1n) is 6.07. The molecule has 0 saturated heterocycles. The summed E-state index contributed by atoms with van der Waals surface area (Å²) in [6.45, 7) is 5.94. The minimum Gasteiger partial charge on any atom is -0.331 e. The summed E-state index contributed by atoms with van der Waals surface area (Å²) in [6.07, 6.45) is 0. The molecule has 0 saturated carbocycles. The quantitative estimate of drug-likeness (QED) is 0.860. The molecule has 0 bridgehead atoms. The number of aromatic nitrogens is 2. The van der Waals surface area contributed by atoms with Gasteiger partial charge in [-0.3, -0.25) is 0 Å². The molecule has 0 amide bonds. The van der Waals surface area contributed by atoms with Gasteiger partial charge < -0.3 is 14.5 Å². The van der Waals surface area contributed by atoms with Crippen LogP contribution >= 0.6 is 12.2 Å². The van der Waals surface area contributed by atoms with Crippen molar-refractivity contribution in [3.8, 4) is 0 Å². The Morgan fingerprint density at radius 1 is 1.44 bits per heavy atom. The standard InChI is InChI=1S/C13H18FN3S/c1-9(2)16(3)6-7-17-12-8-10(14)4-5-11(12)15-13(17)18/h4-5,8-9H,6-7H2,1-3H3,(H,15,18). The third kappa shape index (κ3) is 2.62. The largest absolute Gasteiger partial charge is 0.331 e. The fourth-order valence-electron chi connectivity index (χ4n) is 1.86. The number of H-pyrrole nitrogens is 1. The summed E-state index contributed by atoms with van der Waals surface area (Å²) in [5, 5.41) is 0. The Morgan fingerprint density at radius 3 is 2.83 bits per heavy atom. The molecule has 0 fully saturated rings. The smallest absolute Gasteiger partial charge is 0.178 e. The highest BCUT2D eigenvalue weighted by Gasteiger charge is 2.08. The van der Waals surface area contributed by atoms with Gasteiger partial charge in [-0.1, -0.05) is 0 Å². The van der Waals surface area contributed by atoms with E-state index in [9.17, 15) is 4.39 Å². The average Bonchev–Trinajstić information content (AvgIpc) is 2.61. The Morgan fingerprint density at radius 2 is 2.17 bits per heavy atom. The fourth-order valence-corrected chi connectivity index (χ4v) is 2.16. The predicted molar refractivity (Wildman–Crippen MR) is 74.8 cm³/mol. The highest BCUT2D eigenvalue weighted by atomic mass is 32.1. The molecular formula is C13H18FN3S. The number of nitrogens with zero attached hydrogens (tertiary/aromatic N) is 2. The molecule has 0 unspecified atom stereocenters. The van der Waals surface area contributed by atoms with E-state index < -0.39 is 0 Å². The Labute approximate surface area is 111 Å². The molecule has 98 valence electrons. The van der Waals surface area contributed by atoms with Crippen molar-refractivity contribution in [2.45, 2.75) is 26.4 Å². The van der Waals surface area contributed by atoms with Crippen molar-refractivity contribution in [2.24, 2.45) is 0 Å². The zero-order valence-electron chi connectivity index (χ0n) is 10.9. The van der Waals surface area contributed by atoms with Gasteiger partial charge in [0.2, 0.25) is 0 Å². The van der Waals surface area contributed by atoms with Crippen molar-refractivity contribution >= 4 is 23.3 Å². The van der Waals surface area contributed by atoms with Gasteiger partial charge in [-0.15, -0.1) is 0 Å². The molecule has 0 aliphatic carbocycles. The molecule has 0 aliphatic heterocycles. The van der Waals surface area contributed by atoms with Crippen LogP contribution in [0.1, 0.15) is 13.8 Å². The van der Waals surface area contributed by atoms with Crippen LogP contribution in [0.3, 0.4) is 0 Å². The highest BCUT2D eigenvalue weighted by Crippen LogP contribution is 2.15. The number of halogens is 1. The molecule has 18 heavy (non-hydrogen) atoms. The first-order chi connectivity index (χ1) is 8.49. The van der Waals surface area contributed by atoms with Gasteiger partial charge in [0.25, 0.3) is 0 Å². The lowest BCUT2D eigenvalue weighted by atomic mass is 10.3. The number of aromatic amines is 1. The van der Waals surface area contributed by atoms with E-state index >= 15 is 0 Å². The van der Waals surface area contributed by atoms with Crippen LogP contribution in [0.25, 0.3) is 11.0 Å². The van der Waals surface area contributed by atoms with Crippen molar-refractivity contribution < 1.29 is 4.39 Å². The van der Waals surface area contributed by atoms with Gasteiger partial charge in [-0.2, -0.15) is 0 Å². The topological polar surface area (TPSA) is 24.0 Å². The Bertz CT molecular complexity index is 600. The summed E-state index contributed by atoms with van der Waals surface area (Å²) in [5.74, 6) is -0.234. The van der Waals surface area contributed by atoms with Gasteiger partial charge in [0.15, 0.2) is 4.77 Å². The van der Waals surface area contributed by atoms with Crippen molar-refractivity contribution in [3.63, 3.8) is 0 Å². The summed E-state index contributed by atoms with van der Waals surface area (Å²) in [7, 11) is 2.07. The maximum absolute atomic E-state index is 13.3. The SMILES string of the molecule is CC(C)N(C)CCn1c(=S)[nH]c2ccc(F)cc21. The summed E-state index contributed by atoms with van der Waals surface area (Å²) in [5.41, 5.74) is 1.71. The monoisotopic (exact) mass is 267 g/mol. The minimum atomic E-state index is -0.234. The number of hydrogen-bond acceptors (Lipinski definition) is 2. The molecule has 1 N–H and O–H groups in total. The van der Waals surface area contributed by atoms with Crippen LogP contribution in [0.5, 0.6) is 0 Å². The number of fused-ring (bicyclic) bond motifs is 1. The van der Waals surface area contributed by atoms with Crippen molar-refractivity contribution in [1.29, 1.82) is 0 Å². The molecule has 2 aromatic rings. The molecule has 1 aromatic carbocycles. The van der Waals surface area contributed by atoms with Crippen molar-refractivity contribution in [3.05, 3.63) is 28.8 Å². The van der Waals surface area contributed by atoms with Gasteiger partial charge in [0.1, 0.15) is 5.82 Å². The van der Waals surface area contributed by atoms with Crippen LogP contribution in [-0.4, -0.2) is 34.1 Å². The molecule has 0 radical (unpaired) electrons. The van der Waals surface area contributed by atoms with Crippen molar-refractivity contribution in [2.75, 3.05) is 13.6 Å². The number of rotatable bonds is 4. The maximum Gasteiger partial charge on any atom is 0.178 e. The van der Waals surface area contributed by atoms with Crippen LogP contribution in [0.4, 0.5) is 4.39 Å². The van der Waals surface area contributed by atoms with Crippen LogP contribution < -0.4 is 0 Å². The average molecular weight is 267 g/mol. The van der Waals surface area contributed by atoms with Crippen LogP contribution in [0.15, 0.2) is 18.2 Å². The van der Waals surface area contributed by atoms with Crippen molar-refractivity contribution in [1.82, 2.24) is 14.5 Å².